The first-order chi connectivity index (χ1) is 11.7. The summed E-state index contributed by atoms with van der Waals surface area (Å²) in [7, 11) is 0. The Hall–Kier alpha value is -1.58. The van der Waals surface area contributed by atoms with Gasteiger partial charge in [-0.1, -0.05) is 23.2 Å². The lowest BCUT2D eigenvalue weighted by atomic mass is 9.89. The molecular formula is C15H10Cl2F6N2O. The predicted octanol–water partition coefficient (Wildman–Crippen LogP) is 5.16. The van der Waals surface area contributed by atoms with E-state index in [9.17, 15) is 31.4 Å². The Morgan fingerprint density at radius 1 is 1.00 bits per heavy atom. The van der Waals surface area contributed by atoms with Gasteiger partial charge in [0.1, 0.15) is 5.82 Å². The second-order valence-electron chi connectivity index (χ2n) is 5.55. The monoisotopic (exact) mass is 418 g/mol. The molecule has 26 heavy (non-hydrogen) atoms. The van der Waals surface area contributed by atoms with Crippen LogP contribution in [0.2, 0.25) is 10.0 Å². The molecule has 0 fully saturated rings. The van der Waals surface area contributed by atoms with Crippen LogP contribution in [0.3, 0.4) is 0 Å². The van der Waals surface area contributed by atoms with Crippen molar-refractivity contribution in [1.29, 1.82) is 0 Å². The first-order valence-electron chi connectivity index (χ1n) is 6.89. The normalized spacial score (nSPS) is 15.0. The number of benzene rings is 1. The average Bonchev–Trinajstić information content (AvgIpc) is 2.48. The summed E-state index contributed by atoms with van der Waals surface area (Å²) in [5.41, 5.74) is -5.22. The van der Waals surface area contributed by atoms with E-state index in [2.05, 4.69) is 9.97 Å². The fourth-order valence-corrected chi connectivity index (χ4v) is 2.68. The fraction of sp³-hybridized carbons (Fsp3) is 0.333. The van der Waals surface area contributed by atoms with Crippen LogP contribution in [0.4, 0.5) is 26.3 Å². The third-order valence-electron chi connectivity index (χ3n) is 3.60. The van der Waals surface area contributed by atoms with E-state index in [4.69, 9.17) is 23.2 Å². The van der Waals surface area contributed by atoms with Crippen LogP contribution in [0.1, 0.15) is 29.4 Å². The molecule has 3 nitrogen and oxygen atoms in total. The molecular weight excluding hydrogens is 409 g/mol. The molecule has 2 rings (SSSR count). The zero-order valence-corrected chi connectivity index (χ0v) is 14.4. The lowest BCUT2D eigenvalue weighted by Crippen LogP contribution is -2.40. The van der Waals surface area contributed by atoms with Crippen LogP contribution >= 0.6 is 23.2 Å². The third-order valence-corrected chi connectivity index (χ3v) is 4.16. The van der Waals surface area contributed by atoms with Gasteiger partial charge >= 0.3 is 12.4 Å². The van der Waals surface area contributed by atoms with Gasteiger partial charge in [-0.15, -0.1) is 0 Å². The number of nitrogens with zero attached hydrogens (tertiary/aromatic N) is 2. The van der Waals surface area contributed by atoms with Gasteiger partial charge in [-0.3, -0.25) is 0 Å². The first kappa shape index (κ1) is 20.7. The fourth-order valence-electron chi connectivity index (χ4n) is 2.12. The van der Waals surface area contributed by atoms with Crippen molar-refractivity contribution in [2.75, 3.05) is 0 Å². The van der Waals surface area contributed by atoms with E-state index in [1.807, 2.05) is 0 Å². The molecule has 0 spiro atoms. The van der Waals surface area contributed by atoms with E-state index in [0.717, 1.165) is 12.1 Å². The highest BCUT2D eigenvalue weighted by Gasteiger charge is 2.52. The molecule has 0 unspecified atom stereocenters. The second-order valence-corrected chi connectivity index (χ2v) is 6.39. The molecule has 0 radical (unpaired) electrons. The van der Waals surface area contributed by atoms with Gasteiger partial charge in [-0.2, -0.15) is 26.3 Å². The van der Waals surface area contributed by atoms with E-state index in [0.29, 0.717) is 19.3 Å². The lowest BCUT2D eigenvalue weighted by Gasteiger charge is -2.29. The predicted molar refractivity (Wildman–Crippen MR) is 81.9 cm³/mol. The summed E-state index contributed by atoms with van der Waals surface area (Å²) in [4.78, 5) is 7.01. The van der Waals surface area contributed by atoms with Gasteiger partial charge in [-0.25, -0.2) is 9.97 Å². The minimum Gasteiger partial charge on any atom is -0.376 e. The highest BCUT2D eigenvalue weighted by atomic mass is 35.5. The van der Waals surface area contributed by atoms with Crippen molar-refractivity contribution in [3.63, 3.8) is 0 Å². The summed E-state index contributed by atoms with van der Waals surface area (Å²) in [6, 6.07) is 2.04. The van der Waals surface area contributed by atoms with E-state index in [1.165, 1.54) is 0 Å². The second kappa shape index (κ2) is 6.86. The van der Waals surface area contributed by atoms with Crippen molar-refractivity contribution in [2.45, 2.75) is 31.3 Å². The molecule has 2 aromatic rings. The maximum atomic E-state index is 13.2. The van der Waals surface area contributed by atoms with Crippen molar-refractivity contribution < 1.29 is 31.4 Å². The van der Waals surface area contributed by atoms with Crippen LogP contribution in [0.15, 0.2) is 24.5 Å². The van der Waals surface area contributed by atoms with E-state index in [-0.39, 0.29) is 21.4 Å². The van der Waals surface area contributed by atoms with Gasteiger partial charge in [-0.05, 0) is 30.2 Å². The van der Waals surface area contributed by atoms with Crippen molar-refractivity contribution in [2.24, 2.45) is 0 Å². The lowest BCUT2D eigenvalue weighted by molar-refractivity contribution is -0.259. The van der Waals surface area contributed by atoms with Gasteiger partial charge in [0.25, 0.3) is 0 Å². The third kappa shape index (κ3) is 4.21. The molecule has 142 valence electrons. The Morgan fingerprint density at radius 2 is 1.54 bits per heavy atom. The van der Waals surface area contributed by atoms with E-state index < -0.39 is 35.5 Å². The summed E-state index contributed by atoms with van der Waals surface area (Å²) in [5, 5.41) is 9.59. The van der Waals surface area contributed by atoms with Gasteiger partial charge in [0, 0.05) is 28.9 Å². The quantitative estimate of drug-likeness (QED) is 0.700. The van der Waals surface area contributed by atoms with Crippen molar-refractivity contribution >= 4 is 23.2 Å². The van der Waals surface area contributed by atoms with E-state index in [1.54, 1.807) is 0 Å². The van der Waals surface area contributed by atoms with Gasteiger partial charge < -0.3 is 5.11 Å². The van der Waals surface area contributed by atoms with Gasteiger partial charge in [0.15, 0.2) is 5.60 Å². The number of hydrogen-bond donors (Lipinski definition) is 1. The molecule has 1 heterocycles. The molecule has 0 saturated heterocycles. The smallest absolute Gasteiger partial charge is 0.376 e. The van der Waals surface area contributed by atoms with Crippen molar-refractivity contribution in [3.05, 3.63) is 57.1 Å². The van der Waals surface area contributed by atoms with Crippen LogP contribution in [0, 0.1) is 0 Å². The number of halogens is 8. The number of hydrogen-bond acceptors (Lipinski definition) is 3. The standard InChI is InChI=1S/C15H10Cl2F6N2O/c1-13(26,15(21,22)23)10-2-8(16)3-11(17)9(10)4-12-24-5-7(6-25-12)14(18,19)20/h2-3,5-6,26H,4H2,1H3/t13-/m0/s1. The van der Waals surface area contributed by atoms with Crippen LogP contribution in [-0.2, 0) is 18.2 Å². The number of rotatable bonds is 3. The summed E-state index contributed by atoms with van der Waals surface area (Å²) >= 11 is 11.7. The Kier molecular flexibility index (Phi) is 5.47. The van der Waals surface area contributed by atoms with Gasteiger partial charge in [0.2, 0.25) is 0 Å². The average molecular weight is 419 g/mol. The van der Waals surface area contributed by atoms with Crippen LogP contribution < -0.4 is 0 Å². The summed E-state index contributed by atoms with van der Waals surface area (Å²) in [5.74, 6) is -0.207. The molecule has 0 aliphatic rings. The summed E-state index contributed by atoms with van der Waals surface area (Å²) in [6.07, 6.45) is -9.12. The maximum Gasteiger partial charge on any atom is 0.421 e. The Bertz CT molecular complexity index is 804. The SMILES string of the molecule is C[C@](O)(c1cc(Cl)cc(Cl)c1Cc1ncc(C(F)(F)F)cn1)C(F)(F)F. The largest absolute Gasteiger partial charge is 0.421 e. The Morgan fingerprint density at radius 3 is 2.00 bits per heavy atom. The molecule has 0 amide bonds. The molecule has 1 N–H and O–H groups in total. The van der Waals surface area contributed by atoms with Crippen LogP contribution in [-0.4, -0.2) is 21.3 Å². The molecule has 11 heteroatoms. The highest BCUT2D eigenvalue weighted by molar-refractivity contribution is 6.35. The van der Waals surface area contributed by atoms with Crippen LogP contribution in [0.5, 0.6) is 0 Å². The highest BCUT2D eigenvalue weighted by Crippen LogP contribution is 2.43. The molecule has 0 bridgehead atoms. The number of alkyl halides is 6. The van der Waals surface area contributed by atoms with Crippen LogP contribution in [0.25, 0.3) is 0 Å². The molecule has 0 aliphatic heterocycles. The summed E-state index contributed by atoms with van der Waals surface area (Å²) < 4.78 is 77.2. The molecule has 1 atom stereocenters. The summed E-state index contributed by atoms with van der Waals surface area (Å²) in [6.45, 7) is 0.520. The minimum absolute atomic E-state index is 0.147. The minimum atomic E-state index is -5.04. The first-order valence-corrected chi connectivity index (χ1v) is 7.64. The van der Waals surface area contributed by atoms with Gasteiger partial charge in [0.05, 0.1) is 5.56 Å². The number of aromatic nitrogens is 2. The molecule has 1 aromatic heterocycles. The number of aliphatic hydroxyl groups is 1. The Labute approximate surface area is 153 Å². The molecule has 0 saturated carbocycles. The van der Waals surface area contributed by atoms with Crippen molar-refractivity contribution in [3.8, 4) is 0 Å². The Balaban J connectivity index is 2.50. The molecule has 1 aromatic carbocycles. The van der Waals surface area contributed by atoms with E-state index >= 15 is 0 Å². The zero-order valence-electron chi connectivity index (χ0n) is 12.9. The van der Waals surface area contributed by atoms with Crippen molar-refractivity contribution in [1.82, 2.24) is 9.97 Å². The molecule has 0 aliphatic carbocycles. The maximum absolute atomic E-state index is 13.2. The zero-order chi connectivity index (χ0) is 19.9. The topological polar surface area (TPSA) is 46.0 Å².